The van der Waals surface area contributed by atoms with Gasteiger partial charge in [-0.1, -0.05) is 48.5 Å². The topological polar surface area (TPSA) is 133 Å². The largest absolute Gasteiger partial charge is 0.497 e. The fourth-order valence-electron chi connectivity index (χ4n) is 4.26. The Hall–Kier alpha value is -4.74. The lowest BCUT2D eigenvalue weighted by atomic mass is 9.97. The van der Waals surface area contributed by atoms with Crippen molar-refractivity contribution < 1.29 is 52.3 Å². The number of esters is 4. The zero-order valence-electron chi connectivity index (χ0n) is 23.2. The minimum atomic E-state index is -1.64. The Kier molecular flexibility index (Phi) is 10.2. The Balaban J connectivity index is 1.73. The second-order valence-electron chi connectivity index (χ2n) is 9.15. The van der Waals surface area contributed by atoms with Gasteiger partial charge in [-0.3, -0.25) is 4.79 Å². The lowest BCUT2D eigenvalue weighted by molar-refractivity contribution is -0.292. The van der Waals surface area contributed by atoms with Crippen LogP contribution in [-0.2, 0) is 44.6 Å². The number of carbonyl (C=O) groups excluding carboxylic acids is 4. The first kappa shape index (κ1) is 30.2. The number of benzene rings is 3. The summed E-state index contributed by atoms with van der Waals surface area (Å²) in [6.07, 6.45) is -7.54. The van der Waals surface area contributed by atoms with Crippen LogP contribution >= 0.6 is 0 Å². The van der Waals surface area contributed by atoms with Gasteiger partial charge in [-0.05, 0) is 42.0 Å². The van der Waals surface area contributed by atoms with Crippen LogP contribution in [0.3, 0.4) is 0 Å². The number of rotatable bonds is 10. The van der Waals surface area contributed by atoms with Gasteiger partial charge in [0.05, 0.1) is 32.0 Å². The molecule has 220 valence electrons. The zero-order chi connectivity index (χ0) is 30.1. The molecule has 0 spiro atoms. The smallest absolute Gasteiger partial charge is 0.338 e. The van der Waals surface area contributed by atoms with Crippen LogP contribution in [0.2, 0.25) is 0 Å². The Morgan fingerprint density at radius 3 is 1.74 bits per heavy atom. The van der Waals surface area contributed by atoms with Crippen LogP contribution in [0, 0.1) is 0 Å². The standard InChI is InChI=1S/C31H30O11/c1-19(32)39-31-27(41-29(34)22-12-8-5-9-13-22)25(40-28(33)21-10-6-4-7-11-21)24(26(42-31)30(35)37-3)38-18-20-14-16-23(36-2)17-15-20/h4-17,24-27,31H,18H2,1-3H3/t24-,25-,26-,27+,31+/m0/s1. The maximum atomic E-state index is 13.3. The molecule has 5 atom stereocenters. The van der Waals surface area contributed by atoms with Crippen molar-refractivity contribution in [3.8, 4) is 5.75 Å². The van der Waals surface area contributed by atoms with Crippen LogP contribution in [0.4, 0.5) is 0 Å². The molecular weight excluding hydrogens is 548 g/mol. The lowest BCUT2D eigenvalue weighted by Crippen LogP contribution is -2.63. The van der Waals surface area contributed by atoms with Crippen LogP contribution in [0.15, 0.2) is 84.9 Å². The molecule has 0 unspecified atom stereocenters. The van der Waals surface area contributed by atoms with E-state index in [2.05, 4.69) is 0 Å². The summed E-state index contributed by atoms with van der Waals surface area (Å²) in [6.45, 7) is 1.05. The van der Waals surface area contributed by atoms with E-state index in [0.29, 0.717) is 11.3 Å². The SMILES string of the molecule is COC(=O)[C@H]1O[C@@H](OC(C)=O)[C@H](OC(=O)c2ccccc2)[C@@H](OC(=O)c2ccccc2)[C@@H]1OCc1ccc(OC)cc1. The average Bonchev–Trinajstić information content (AvgIpc) is 3.02. The summed E-state index contributed by atoms with van der Waals surface area (Å²) in [6, 6.07) is 23.0. The molecule has 3 aromatic rings. The van der Waals surface area contributed by atoms with Crippen LogP contribution in [0.25, 0.3) is 0 Å². The monoisotopic (exact) mass is 578 g/mol. The molecule has 42 heavy (non-hydrogen) atoms. The van der Waals surface area contributed by atoms with Gasteiger partial charge in [-0.15, -0.1) is 0 Å². The van der Waals surface area contributed by atoms with Gasteiger partial charge in [0.1, 0.15) is 11.9 Å². The second-order valence-corrected chi connectivity index (χ2v) is 9.15. The fraction of sp³-hybridized carbons (Fsp3) is 0.290. The molecule has 0 bridgehead atoms. The fourth-order valence-corrected chi connectivity index (χ4v) is 4.26. The van der Waals surface area contributed by atoms with Gasteiger partial charge in [0, 0.05) is 6.92 Å². The highest BCUT2D eigenvalue weighted by Gasteiger charge is 2.55. The molecule has 3 aromatic carbocycles. The summed E-state index contributed by atoms with van der Waals surface area (Å²) in [5, 5.41) is 0. The predicted molar refractivity (Wildman–Crippen MR) is 145 cm³/mol. The zero-order valence-corrected chi connectivity index (χ0v) is 23.2. The molecule has 1 aliphatic rings. The lowest BCUT2D eigenvalue weighted by Gasteiger charge is -2.43. The summed E-state index contributed by atoms with van der Waals surface area (Å²) in [5.41, 5.74) is 1.05. The molecule has 4 rings (SSSR count). The maximum Gasteiger partial charge on any atom is 0.338 e. The highest BCUT2D eigenvalue weighted by Crippen LogP contribution is 2.32. The minimum absolute atomic E-state index is 0.0670. The molecular formula is C31H30O11. The molecule has 1 heterocycles. The van der Waals surface area contributed by atoms with Gasteiger partial charge in [0.15, 0.2) is 12.2 Å². The molecule has 1 fully saturated rings. The number of methoxy groups -OCH3 is 2. The Morgan fingerprint density at radius 2 is 1.24 bits per heavy atom. The molecule has 0 N–H and O–H groups in total. The van der Waals surface area contributed by atoms with E-state index in [4.69, 9.17) is 33.2 Å². The van der Waals surface area contributed by atoms with Crippen molar-refractivity contribution in [3.63, 3.8) is 0 Å². The Bertz CT molecular complexity index is 1360. The van der Waals surface area contributed by atoms with Crippen molar-refractivity contribution >= 4 is 23.9 Å². The molecule has 0 aliphatic carbocycles. The third-order valence-corrected chi connectivity index (χ3v) is 6.32. The van der Waals surface area contributed by atoms with Crippen molar-refractivity contribution in [2.75, 3.05) is 14.2 Å². The summed E-state index contributed by atoms with van der Waals surface area (Å²) in [4.78, 5) is 51.4. The predicted octanol–water partition coefficient (Wildman–Crippen LogP) is 3.49. The number of carbonyl (C=O) groups is 4. The van der Waals surface area contributed by atoms with E-state index in [-0.39, 0.29) is 17.7 Å². The molecule has 0 amide bonds. The summed E-state index contributed by atoms with van der Waals surface area (Å²) >= 11 is 0. The Morgan fingerprint density at radius 1 is 0.690 bits per heavy atom. The Labute approximate surface area is 242 Å². The minimum Gasteiger partial charge on any atom is -0.497 e. The van der Waals surface area contributed by atoms with Crippen molar-refractivity contribution in [3.05, 3.63) is 102 Å². The van der Waals surface area contributed by atoms with Gasteiger partial charge < -0.3 is 33.2 Å². The normalized spacial score (nSPS) is 21.5. The van der Waals surface area contributed by atoms with Crippen molar-refractivity contribution in [1.82, 2.24) is 0 Å². The third kappa shape index (κ3) is 7.50. The number of ether oxygens (including phenoxy) is 7. The van der Waals surface area contributed by atoms with Crippen molar-refractivity contribution in [1.29, 1.82) is 0 Å². The molecule has 1 saturated heterocycles. The van der Waals surface area contributed by atoms with Gasteiger partial charge in [-0.2, -0.15) is 0 Å². The second kappa shape index (κ2) is 14.2. The summed E-state index contributed by atoms with van der Waals surface area (Å²) in [5.74, 6) is -2.67. The van der Waals surface area contributed by atoms with Gasteiger partial charge in [-0.25, -0.2) is 14.4 Å². The van der Waals surface area contributed by atoms with E-state index < -0.39 is 54.6 Å². The first-order chi connectivity index (χ1) is 20.3. The molecule has 0 saturated carbocycles. The first-order valence-electron chi connectivity index (χ1n) is 13.0. The maximum absolute atomic E-state index is 13.3. The number of hydrogen-bond donors (Lipinski definition) is 0. The van der Waals surface area contributed by atoms with E-state index >= 15 is 0 Å². The van der Waals surface area contributed by atoms with Crippen LogP contribution < -0.4 is 4.74 Å². The van der Waals surface area contributed by atoms with Crippen LogP contribution in [0.5, 0.6) is 5.75 Å². The number of hydrogen-bond acceptors (Lipinski definition) is 11. The van der Waals surface area contributed by atoms with E-state index in [9.17, 15) is 19.2 Å². The summed E-state index contributed by atoms with van der Waals surface area (Å²) < 4.78 is 39.0. The molecule has 0 aromatic heterocycles. The quantitative estimate of drug-likeness (QED) is 0.259. The van der Waals surface area contributed by atoms with E-state index in [1.165, 1.54) is 31.4 Å². The summed E-state index contributed by atoms with van der Waals surface area (Å²) in [7, 11) is 2.67. The van der Waals surface area contributed by atoms with Crippen molar-refractivity contribution in [2.45, 2.75) is 44.2 Å². The third-order valence-electron chi connectivity index (χ3n) is 6.32. The molecule has 1 aliphatic heterocycles. The van der Waals surface area contributed by atoms with E-state index in [0.717, 1.165) is 14.0 Å². The molecule has 11 heteroatoms. The van der Waals surface area contributed by atoms with Gasteiger partial charge >= 0.3 is 23.9 Å². The van der Waals surface area contributed by atoms with Gasteiger partial charge in [0.25, 0.3) is 0 Å². The highest BCUT2D eigenvalue weighted by atomic mass is 16.7. The molecule has 11 nitrogen and oxygen atoms in total. The van der Waals surface area contributed by atoms with Crippen molar-refractivity contribution in [2.24, 2.45) is 0 Å². The van der Waals surface area contributed by atoms with Crippen LogP contribution in [-0.4, -0.2) is 68.8 Å². The van der Waals surface area contributed by atoms with Crippen LogP contribution in [0.1, 0.15) is 33.2 Å². The highest BCUT2D eigenvalue weighted by molar-refractivity contribution is 5.90. The van der Waals surface area contributed by atoms with E-state index in [1.54, 1.807) is 60.7 Å². The molecule has 0 radical (unpaired) electrons. The van der Waals surface area contributed by atoms with Gasteiger partial charge in [0.2, 0.25) is 12.4 Å². The first-order valence-corrected chi connectivity index (χ1v) is 13.0. The van der Waals surface area contributed by atoms with E-state index in [1.807, 2.05) is 0 Å². The average molecular weight is 579 g/mol.